The molecule has 2 fully saturated rings. The summed E-state index contributed by atoms with van der Waals surface area (Å²) in [4.78, 5) is 17.0. The Morgan fingerprint density at radius 2 is 1.88 bits per heavy atom. The van der Waals surface area contributed by atoms with Gasteiger partial charge in [-0.1, -0.05) is 44.2 Å². The Bertz CT molecular complexity index is 1510. The van der Waals surface area contributed by atoms with Gasteiger partial charge in [-0.15, -0.1) is 0 Å². The number of nitrogens with two attached hydrogens (primary N) is 1. The van der Waals surface area contributed by atoms with Gasteiger partial charge in [0.2, 0.25) is 0 Å². The Labute approximate surface area is 237 Å². The third-order valence-electron chi connectivity index (χ3n) is 7.99. The predicted octanol–water partition coefficient (Wildman–Crippen LogP) is 6.26. The lowest BCUT2D eigenvalue weighted by atomic mass is 9.86. The number of anilines is 1. The van der Waals surface area contributed by atoms with Crippen LogP contribution in [0.3, 0.4) is 0 Å². The predicted molar refractivity (Wildman–Crippen MR) is 166 cm³/mol. The number of nitrogens with zero attached hydrogens (tertiary/aromatic N) is 5. The number of allylic oxidation sites excluding steroid dienone is 4. The number of hydrogen-bond donors (Lipinski definition) is 2. The van der Waals surface area contributed by atoms with Crippen molar-refractivity contribution in [3.05, 3.63) is 84.2 Å². The molecule has 7 heteroatoms. The van der Waals surface area contributed by atoms with Crippen molar-refractivity contribution in [1.82, 2.24) is 29.7 Å². The lowest BCUT2D eigenvalue weighted by Gasteiger charge is -2.23. The summed E-state index contributed by atoms with van der Waals surface area (Å²) in [7, 11) is 0. The Kier molecular flexibility index (Phi) is 8.43. The summed E-state index contributed by atoms with van der Waals surface area (Å²) in [5.74, 6) is 1.19. The first-order valence-corrected chi connectivity index (χ1v) is 14.5. The average molecular weight is 536 g/mol. The molecular weight excluding hydrogens is 494 g/mol. The molecule has 1 unspecified atom stereocenters. The fourth-order valence-corrected chi connectivity index (χ4v) is 5.97. The minimum absolute atomic E-state index is 0.452. The van der Waals surface area contributed by atoms with E-state index in [1.807, 2.05) is 58.0 Å². The maximum Gasteiger partial charge on any atom is 0.165 e. The van der Waals surface area contributed by atoms with E-state index in [0.717, 1.165) is 59.1 Å². The molecule has 0 amide bonds. The number of aromatic nitrogens is 4. The van der Waals surface area contributed by atoms with Crippen LogP contribution in [-0.4, -0.2) is 50.6 Å². The van der Waals surface area contributed by atoms with Gasteiger partial charge in [0, 0.05) is 31.5 Å². The molecule has 3 aromatic heterocycles. The van der Waals surface area contributed by atoms with Crippen LogP contribution >= 0.6 is 0 Å². The van der Waals surface area contributed by atoms with Gasteiger partial charge in [-0.05, 0) is 92.7 Å². The maximum absolute atomic E-state index is 6.31. The molecule has 2 aliphatic heterocycles. The Hall–Kier alpha value is -3.81. The third-order valence-corrected chi connectivity index (χ3v) is 7.99. The van der Waals surface area contributed by atoms with Crippen LogP contribution in [0.25, 0.3) is 33.8 Å². The van der Waals surface area contributed by atoms with E-state index in [2.05, 4.69) is 56.2 Å². The molecule has 6 rings (SSSR count). The smallest absolute Gasteiger partial charge is 0.165 e. The summed E-state index contributed by atoms with van der Waals surface area (Å²) in [5, 5.41) is 3.56. The second-order valence-corrected chi connectivity index (χ2v) is 10.5. The van der Waals surface area contributed by atoms with E-state index in [4.69, 9.17) is 15.7 Å². The van der Waals surface area contributed by atoms with Crippen molar-refractivity contribution in [2.75, 3.05) is 31.9 Å². The van der Waals surface area contributed by atoms with Crippen LogP contribution in [0.5, 0.6) is 0 Å². The van der Waals surface area contributed by atoms with Crippen molar-refractivity contribution in [2.45, 2.75) is 47.1 Å². The minimum Gasteiger partial charge on any atom is -0.383 e. The van der Waals surface area contributed by atoms with Gasteiger partial charge in [-0.25, -0.2) is 15.0 Å². The van der Waals surface area contributed by atoms with Crippen molar-refractivity contribution < 1.29 is 0 Å². The first-order valence-electron chi connectivity index (χ1n) is 14.5. The van der Waals surface area contributed by atoms with Crippen LogP contribution in [0.2, 0.25) is 0 Å². The van der Waals surface area contributed by atoms with E-state index in [1.54, 1.807) is 6.20 Å². The van der Waals surface area contributed by atoms with Gasteiger partial charge >= 0.3 is 0 Å². The van der Waals surface area contributed by atoms with Crippen LogP contribution in [-0.2, 0) is 6.54 Å². The second-order valence-electron chi connectivity index (χ2n) is 10.5. The van der Waals surface area contributed by atoms with Gasteiger partial charge in [0.05, 0.1) is 11.3 Å². The summed E-state index contributed by atoms with van der Waals surface area (Å²) >= 11 is 0. The zero-order chi connectivity index (χ0) is 28.1. The molecular formula is C33H41N7. The number of nitrogen functional groups attached to an aromatic ring is 1. The molecule has 0 saturated carbocycles. The molecule has 3 N–H and O–H groups in total. The zero-order valence-electron chi connectivity index (χ0n) is 24.2. The van der Waals surface area contributed by atoms with Crippen molar-refractivity contribution in [2.24, 2.45) is 5.41 Å². The fraction of sp³-hybridized carbons (Fsp3) is 0.364. The average Bonchev–Trinajstić information content (AvgIpc) is 3.72. The van der Waals surface area contributed by atoms with E-state index in [0.29, 0.717) is 11.2 Å². The molecule has 208 valence electrons. The number of hydrogen-bond acceptors (Lipinski definition) is 6. The van der Waals surface area contributed by atoms with E-state index in [1.165, 1.54) is 31.5 Å². The maximum atomic E-state index is 6.31. The molecule has 40 heavy (non-hydrogen) atoms. The normalized spacial score (nSPS) is 19.6. The molecule has 1 spiro atoms. The number of imidazole rings is 1. The third kappa shape index (κ3) is 5.44. The van der Waals surface area contributed by atoms with E-state index >= 15 is 0 Å². The van der Waals surface area contributed by atoms with E-state index < -0.39 is 0 Å². The molecule has 2 aliphatic rings. The quantitative estimate of drug-likeness (QED) is 0.284. The minimum atomic E-state index is 0.452. The second kappa shape index (κ2) is 12.1. The zero-order valence-corrected chi connectivity index (χ0v) is 24.2. The van der Waals surface area contributed by atoms with E-state index in [9.17, 15) is 0 Å². The lowest BCUT2D eigenvalue weighted by molar-refractivity contribution is 0.268. The number of fused-ring (bicyclic) bond motifs is 1. The summed E-state index contributed by atoms with van der Waals surface area (Å²) in [5.41, 5.74) is 13.5. The molecule has 5 heterocycles. The highest BCUT2D eigenvalue weighted by atomic mass is 15.2. The van der Waals surface area contributed by atoms with Crippen molar-refractivity contribution in [1.29, 1.82) is 0 Å². The van der Waals surface area contributed by atoms with Gasteiger partial charge in [0.25, 0.3) is 0 Å². The van der Waals surface area contributed by atoms with Gasteiger partial charge in [0.1, 0.15) is 11.3 Å². The van der Waals surface area contributed by atoms with Crippen LogP contribution in [0, 0.1) is 5.41 Å². The first kappa shape index (κ1) is 27.7. The lowest BCUT2D eigenvalue weighted by Crippen LogP contribution is -2.28. The molecule has 4 aromatic rings. The summed E-state index contributed by atoms with van der Waals surface area (Å²) in [6.07, 6.45) is 10.5. The molecule has 0 bridgehead atoms. The highest BCUT2D eigenvalue weighted by Crippen LogP contribution is 2.37. The SMILES string of the molecule is C/C=C\C(=C/C)c1ccc2nc(-c3cccnc3N)n(-c3ccc(CN4CCC5(CCNC5)C4)cc3)c2n1.CC. The Balaban J connectivity index is 0.00000158. The van der Waals surface area contributed by atoms with Gasteiger partial charge < -0.3 is 11.1 Å². The topological polar surface area (TPSA) is 84.9 Å². The van der Waals surface area contributed by atoms with Crippen molar-refractivity contribution in [3.63, 3.8) is 0 Å². The van der Waals surface area contributed by atoms with Crippen molar-refractivity contribution >= 4 is 22.6 Å². The number of pyridine rings is 2. The molecule has 0 radical (unpaired) electrons. The molecule has 7 nitrogen and oxygen atoms in total. The monoisotopic (exact) mass is 535 g/mol. The summed E-state index contributed by atoms with van der Waals surface area (Å²) in [6.45, 7) is 13.7. The largest absolute Gasteiger partial charge is 0.383 e. The van der Waals surface area contributed by atoms with Crippen LogP contribution in [0.4, 0.5) is 5.82 Å². The van der Waals surface area contributed by atoms with Crippen LogP contribution in [0.1, 0.15) is 51.8 Å². The first-order chi connectivity index (χ1) is 19.6. The molecule has 1 aromatic carbocycles. The van der Waals surface area contributed by atoms with Crippen molar-refractivity contribution in [3.8, 4) is 17.1 Å². The highest BCUT2D eigenvalue weighted by molar-refractivity contribution is 5.85. The molecule has 0 aliphatic carbocycles. The highest BCUT2D eigenvalue weighted by Gasteiger charge is 2.40. The van der Waals surface area contributed by atoms with Gasteiger partial charge in [-0.3, -0.25) is 9.47 Å². The number of rotatable bonds is 6. The number of likely N-dealkylation sites (tertiary alicyclic amines) is 1. The standard InChI is InChI=1S/C31H35N7.C2H6/c1-3-6-23(4-2)26-12-13-27-30(35-26)38(29(36-27)25-7-5-16-34-28(25)32)24-10-8-22(9-11-24)19-37-18-15-31(21-37)14-17-33-20-31;1-2/h3-13,16,33H,14-15,17-21H2,1-2H3,(H2,32,34);1-2H3/b6-3-,23-4+;. The number of nitrogens with one attached hydrogen (secondary N) is 1. The van der Waals surface area contributed by atoms with Crippen LogP contribution in [0.15, 0.2) is 73.0 Å². The number of benzene rings is 1. The Morgan fingerprint density at radius 3 is 2.58 bits per heavy atom. The van der Waals surface area contributed by atoms with Gasteiger partial charge in [-0.2, -0.15) is 0 Å². The molecule has 2 saturated heterocycles. The molecule has 1 atom stereocenters. The summed E-state index contributed by atoms with van der Waals surface area (Å²) in [6, 6.07) is 16.7. The van der Waals surface area contributed by atoms with E-state index in [-0.39, 0.29) is 0 Å². The van der Waals surface area contributed by atoms with Crippen LogP contribution < -0.4 is 11.1 Å². The Morgan fingerprint density at radius 1 is 1.05 bits per heavy atom. The fourth-order valence-electron chi connectivity index (χ4n) is 5.97. The summed E-state index contributed by atoms with van der Waals surface area (Å²) < 4.78 is 2.11. The van der Waals surface area contributed by atoms with Gasteiger partial charge in [0.15, 0.2) is 11.5 Å².